The lowest BCUT2D eigenvalue weighted by Gasteiger charge is -2.41. The zero-order valence-electron chi connectivity index (χ0n) is 12.5. The lowest BCUT2D eigenvalue weighted by molar-refractivity contribution is -0.124. The molecule has 0 radical (unpaired) electrons. The fourth-order valence-corrected chi connectivity index (χ4v) is 3.98. The van der Waals surface area contributed by atoms with Crippen LogP contribution in [0.15, 0.2) is 48.5 Å². The summed E-state index contributed by atoms with van der Waals surface area (Å²) in [6, 6.07) is 14.0. The molecule has 1 aliphatic carbocycles. The van der Waals surface area contributed by atoms with Crippen molar-refractivity contribution in [3.63, 3.8) is 0 Å². The Morgan fingerprint density at radius 1 is 0.909 bits per heavy atom. The molecule has 0 saturated heterocycles. The summed E-state index contributed by atoms with van der Waals surface area (Å²) in [5, 5.41) is 10.2. The molecule has 4 rings (SSSR count). The predicted octanol–water partition coefficient (Wildman–Crippen LogP) is 4.30. The first-order valence-corrected chi connectivity index (χ1v) is 7.95. The molecule has 112 valence electrons. The van der Waals surface area contributed by atoms with Crippen LogP contribution in [0.3, 0.4) is 0 Å². The largest absolute Gasteiger partial charge is 0.506 e. The van der Waals surface area contributed by atoms with Gasteiger partial charge in [0.05, 0.1) is 5.69 Å². The molecule has 0 bridgehead atoms. The average Bonchev–Trinajstić information content (AvgIpc) is 3.01. The minimum absolute atomic E-state index is 0.0468. The van der Waals surface area contributed by atoms with Crippen molar-refractivity contribution in [3.05, 3.63) is 54.2 Å². The van der Waals surface area contributed by atoms with Gasteiger partial charge in [-0.05, 0) is 30.5 Å². The second-order valence-electron chi connectivity index (χ2n) is 6.29. The predicted molar refractivity (Wildman–Crippen MR) is 86.5 cm³/mol. The standard InChI is InChI=1S/C19H19NO2/c21-17-13-18(22)19(11-5-2-6-12-19)20-15(9-10-16(17)20)14-7-3-1-4-8-14/h1,3-4,7-10,13,21H,2,5-6,11-12H2. The Balaban J connectivity index is 1.96. The van der Waals surface area contributed by atoms with E-state index in [1.165, 1.54) is 12.5 Å². The number of aliphatic hydroxyl groups is 1. The monoisotopic (exact) mass is 293 g/mol. The highest BCUT2D eigenvalue weighted by atomic mass is 16.3. The third kappa shape index (κ3) is 1.78. The van der Waals surface area contributed by atoms with Crippen LogP contribution in [0.4, 0.5) is 0 Å². The normalized spacial score (nSPS) is 19.8. The van der Waals surface area contributed by atoms with Crippen LogP contribution >= 0.6 is 0 Å². The van der Waals surface area contributed by atoms with Crippen molar-refractivity contribution in [2.45, 2.75) is 37.6 Å². The number of carbonyl (C=O) groups excluding carboxylic acids is 1. The van der Waals surface area contributed by atoms with E-state index < -0.39 is 5.54 Å². The highest BCUT2D eigenvalue weighted by Crippen LogP contribution is 2.44. The maximum Gasteiger partial charge on any atom is 0.185 e. The van der Waals surface area contributed by atoms with Gasteiger partial charge >= 0.3 is 0 Å². The molecule has 2 heterocycles. The van der Waals surface area contributed by atoms with E-state index in [1.807, 2.05) is 30.3 Å². The topological polar surface area (TPSA) is 42.2 Å². The van der Waals surface area contributed by atoms with Gasteiger partial charge in [0.25, 0.3) is 0 Å². The Kier molecular flexibility index (Phi) is 2.96. The fourth-order valence-electron chi connectivity index (χ4n) is 3.98. The summed E-state index contributed by atoms with van der Waals surface area (Å²) in [7, 11) is 0. The summed E-state index contributed by atoms with van der Waals surface area (Å²) in [5.74, 6) is 0.133. The summed E-state index contributed by atoms with van der Waals surface area (Å²) >= 11 is 0. The number of fused-ring (bicyclic) bond motifs is 2. The summed E-state index contributed by atoms with van der Waals surface area (Å²) in [5.41, 5.74) is 2.36. The Hall–Kier alpha value is -2.29. The molecule has 3 heteroatoms. The number of allylic oxidation sites excluding steroid dienone is 1. The fraction of sp³-hybridized carbons (Fsp3) is 0.316. The van der Waals surface area contributed by atoms with Gasteiger partial charge in [-0.3, -0.25) is 4.79 Å². The van der Waals surface area contributed by atoms with Crippen molar-refractivity contribution in [1.82, 2.24) is 4.57 Å². The number of benzene rings is 1. The minimum Gasteiger partial charge on any atom is -0.506 e. The van der Waals surface area contributed by atoms with Crippen LogP contribution in [0.5, 0.6) is 0 Å². The number of rotatable bonds is 1. The summed E-state index contributed by atoms with van der Waals surface area (Å²) in [4.78, 5) is 12.8. The van der Waals surface area contributed by atoms with Crippen molar-refractivity contribution >= 4 is 11.5 Å². The molecule has 22 heavy (non-hydrogen) atoms. The molecular formula is C19H19NO2. The smallest absolute Gasteiger partial charge is 0.185 e. The first kappa shape index (κ1) is 13.4. The number of carbonyl (C=O) groups is 1. The molecule has 0 atom stereocenters. The first-order chi connectivity index (χ1) is 10.7. The molecule has 2 aliphatic rings. The van der Waals surface area contributed by atoms with E-state index in [9.17, 15) is 9.90 Å². The van der Waals surface area contributed by atoms with Crippen LogP contribution < -0.4 is 0 Å². The van der Waals surface area contributed by atoms with Gasteiger partial charge in [-0.15, -0.1) is 0 Å². The van der Waals surface area contributed by atoms with Gasteiger partial charge in [-0.2, -0.15) is 0 Å². The number of aromatic nitrogens is 1. The molecule has 1 aliphatic heterocycles. The summed E-state index contributed by atoms with van der Waals surface area (Å²) in [6.07, 6.45) is 6.45. The maximum absolute atomic E-state index is 12.8. The van der Waals surface area contributed by atoms with E-state index in [0.29, 0.717) is 0 Å². The van der Waals surface area contributed by atoms with Crippen LogP contribution in [0, 0.1) is 0 Å². The van der Waals surface area contributed by atoms with Gasteiger partial charge < -0.3 is 9.67 Å². The quantitative estimate of drug-likeness (QED) is 0.852. The van der Waals surface area contributed by atoms with Crippen molar-refractivity contribution < 1.29 is 9.90 Å². The second kappa shape index (κ2) is 4.87. The number of hydrogen-bond acceptors (Lipinski definition) is 2. The van der Waals surface area contributed by atoms with Gasteiger partial charge in [-0.1, -0.05) is 49.6 Å². The Bertz CT molecular complexity index is 749. The molecule has 1 saturated carbocycles. The third-order valence-corrected chi connectivity index (χ3v) is 5.05. The molecule has 0 amide bonds. The Morgan fingerprint density at radius 3 is 2.32 bits per heavy atom. The van der Waals surface area contributed by atoms with Crippen LogP contribution in [-0.2, 0) is 10.3 Å². The molecule has 1 N–H and O–H groups in total. The van der Waals surface area contributed by atoms with Gasteiger partial charge in [-0.25, -0.2) is 0 Å². The highest BCUT2D eigenvalue weighted by Gasteiger charge is 2.45. The minimum atomic E-state index is -0.505. The molecule has 1 spiro atoms. The van der Waals surface area contributed by atoms with E-state index in [2.05, 4.69) is 16.7 Å². The zero-order chi connectivity index (χ0) is 15.2. The van der Waals surface area contributed by atoms with E-state index in [4.69, 9.17) is 0 Å². The van der Waals surface area contributed by atoms with E-state index >= 15 is 0 Å². The average molecular weight is 293 g/mol. The second-order valence-corrected chi connectivity index (χ2v) is 6.29. The highest BCUT2D eigenvalue weighted by molar-refractivity contribution is 6.03. The van der Waals surface area contributed by atoms with Crippen molar-refractivity contribution in [2.75, 3.05) is 0 Å². The van der Waals surface area contributed by atoms with Crippen LogP contribution in [0.25, 0.3) is 17.0 Å². The third-order valence-electron chi connectivity index (χ3n) is 5.05. The van der Waals surface area contributed by atoms with Gasteiger partial charge in [0.15, 0.2) is 5.78 Å². The van der Waals surface area contributed by atoms with Crippen molar-refractivity contribution in [1.29, 1.82) is 0 Å². The number of nitrogens with zero attached hydrogens (tertiary/aromatic N) is 1. The molecule has 1 aromatic carbocycles. The number of hydrogen-bond donors (Lipinski definition) is 1. The van der Waals surface area contributed by atoms with Gasteiger partial charge in [0.2, 0.25) is 0 Å². The Morgan fingerprint density at radius 2 is 1.59 bits per heavy atom. The SMILES string of the molecule is O=C1C=C(O)c2ccc(-c3ccccc3)n2C12CCCCC2. The summed E-state index contributed by atoms with van der Waals surface area (Å²) < 4.78 is 2.10. The maximum atomic E-state index is 12.8. The number of ketones is 1. The van der Waals surface area contributed by atoms with Crippen molar-refractivity contribution in [3.8, 4) is 11.3 Å². The molecule has 3 nitrogen and oxygen atoms in total. The molecule has 1 aromatic heterocycles. The van der Waals surface area contributed by atoms with E-state index in [1.54, 1.807) is 0 Å². The van der Waals surface area contributed by atoms with E-state index in [0.717, 1.165) is 42.6 Å². The molecular weight excluding hydrogens is 274 g/mol. The summed E-state index contributed by atoms with van der Waals surface area (Å²) in [6.45, 7) is 0. The lowest BCUT2D eigenvalue weighted by Crippen LogP contribution is -2.46. The molecule has 0 unspecified atom stereocenters. The van der Waals surface area contributed by atoms with Crippen LogP contribution in [0.1, 0.15) is 37.8 Å². The number of aliphatic hydroxyl groups excluding tert-OH is 1. The zero-order valence-corrected chi connectivity index (χ0v) is 12.5. The Labute approximate surface area is 129 Å². The lowest BCUT2D eigenvalue weighted by atomic mass is 9.76. The molecule has 2 aromatic rings. The van der Waals surface area contributed by atoms with Crippen LogP contribution in [0.2, 0.25) is 0 Å². The van der Waals surface area contributed by atoms with Crippen molar-refractivity contribution in [2.24, 2.45) is 0 Å². The van der Waals surface area contributed by atoms with Gasteiger partial charge in [0, 0.05) is 11.8 Å². The van der Waals surface area contributed by atoms with Gasteiger partial charge in [0.1, 0.15) is 11.3 Å². The molecule has 1 fully saturated rings. The first-order valence-electron chi connectivity index (χ1n) is 7.95. The van der Waals surface area contributed by atoms with Crippen LogP contribution in [-0.4, -0.2) is 15.5 Å². The van der Waals surface area contributed by atoms with E-state index in [-0.39, 0.29) is 11.5 Å².